The van der Waals surface area contributed by atoms with E-state index >= 15 is 0 Å². The maximum atomic E-state index is 11.4. The van der Waals surface area contributed by atoms with Crippen LogP contribution in [0.5, 0.6) is 11.5 Å². The summed E-state index contributed by atoms with van der Waals surface area (Å²) in [6.45, 7) is 3.13. The molecule has 0 aromatic heterocycles. The first-order valence-electron chi connectivity index (χ1n) is 9.12. The molecule has 2 rings (SSSR count). The fourth-order valence-electron chi connectivity index (χ4n) is 2.65. The van der Waals surface area contributed by atoms with E-state index in [1.165, 1.54) is 0 Å². The van der Waals surface area contributed by atoms with E-state index in [0.29, 0.717) is 42.7 Å². The molecule has 2 aromatic carbocycles. The smallest absolute Gasteiger partial charge is 0.320 e. The van der Waals surface area contributed by atoms with Gasteiger partial charge >= 0.3 is 5.97 Å². The molecule has 2 N–H and O–H groups in total. The van der Waals surface area contributed by atoms with E-state index in [0.717, 1.165) is 16.9 Å². The Morgan fingerprint density at radius 1 is 1.21 bits per heavy atom. The predicted octanol–water partition coefficient (Wildman–Crippen LogP) is 4.61. The molecule has 28 heavy (non-hydrogen) atoms. The first-order valence-corrected chi connectivity index (χ1v) is 10.9. The van der Waals surface area contributed by atoms with Crippen molar-refractivity contribution in [3.63, 3.8) is 0 Å². The van der Waals surface area contributed by atoms with Gasteiger partial charge in [-0.1, -0.05) is 41.9 Å². The standard InChI is InChI=1S/C21H26ClNO4S/c1-3-26-19-12-16(13-23-18(21(24)25)9-10-28-2)11-17(22)20(19)27-14-15-7-5-4-6-8-15/h4-8,11-12,18,23H,3,9-10,13-14H2,1-2H3,(H,24,25). The van der Waals surface area contributed by atoms with Gasteiger partial charge in [0.15, 0.2) is 11.5 Å². The Balaban J connectivity index is 2.11. The molecule has 0 amide bonds. The molecule has 0 radical (unpaired) electrons. The van der Waals surface area contributed by atoms with Crippen molar-refractivity contribution >= 4 is 29.3 Å². The zero-order chi connectivity index (χ0) is 20.4. The zero-order valence-electron chi connectivity index (χ0n) is 16.1. The van der Waals surface area contributed by atoms with Crippen molar-refractivity contribution in [2.45, 2.75) is 32.5 Å². The van der Waals surface area contributed by atoms with Crippen molar-refractivity contribution in [3.05, 3.63) is 58.6 Å². The number of hydrogen-bond donors (Lipinski definition) is 2. The molecule has 2 aromatic rings. The van der Waals surface area contributed by atoms with Crippen LogP contribution >= 0.6 is 23.4 Å². The maximum Gasteiger partial charge on any atom is 0.320 e. The number of nitrogens with one attached hydrogen (secondary N) is 1. The molecular formula is C21H26ClNO4S. The van der Waals surface area contributed by atoms with Crippen molar-refractivity contribution in [2.24, 2.45) is 0 Å². The fourth-order valence-corrected chi connectivity index (χ4v) is 3.41. The van der Waals surface area contributed by atoms with Crippen LogP contribution in [0.2, 0.25) is 5.02 Å². The topological polar surface area (TPSA) is 67.8 Å². The van der Waals surface area contributed by atoms with E-state index in [1.54, 1.807) is 17.8 Å². The minimum atomic E-state index is -0.854. The molecular weight excluding hydrogens is 398 g/mol. The lowest BCUT2D eigenvalue weighted by Gasteiger charge is -2.17. The molecule has 0 spiro atoms. The number of thioether (sulfide) groups is 1. The Morgan fingerprint density at radius 2 is 1.96 bits per heavy atom. The van der Waals surface area contributed by atoms with Gasteiger partial charge in [0.2, 0.25) is 0 Å². The van der Waals surface area contributed by atoms with Crippen molar-refractivity contribution in [1.82, 2.24) is 5.32 Å². The summed E-state index contributed by atoms with van der Waals surface area (Å²) in [5, 5.41) is 12.9. The molecule has 7 heteroatoms. The van der Waals surface area contributed by atoms with Crippen LogP contribution in [0.3, 0.4) is 0 Å². The Labute approximate surface area is 175 Å². The Morgan fingerprint density at radius 3 is 2.61 bits per heavy atom. The normalized spacial score (nSPS) is 11.8. The number of ether oxygens (including phenoxy) is 2. The lowest BCUT2D eigenvalue weighted by atomic mass is 10.1. The Kier molecular flexibility index (Phi) is 9.47. The van der Waals surface area contributed by atoms with Crippen LogP contribution in [0.15, 0.2) is 42.5 Å². The first-order chi connectivity index (χ1) is 13.5. The van der Waals surface area contributed by atoms with Crippen LogP contribution in [0, 0.1) is 0 Å². The summed E-state index contributed by atoms with van der Waals surface area (Å²) in [4.78, 5) is 11.4. The van der Waals surface area contributed by atoms with Crippen LogP contribution < -0.4 is 14.8 Å². The van der Waals surface area contributed by atoms with Crippen LogP contribution in [-0.4, -0.2) is 35.7 Å². The number of hydrogen-bond acceptors (Lipinski definition) is 5. The summed E-state index contributed by atoms with van der Waals surface area (Å²) in [6.07, 6.45) is 2.52. The van der Waals surface area contributed by atoms with Gasteiger partial charge in [-0.05, 0) is 48.6 Å². The number of benzene rings is 2. The second kappa shape index (κ2) is 11.8. The Hall–Kier alpha value is -1.89. The largest absolute Gasteiger partial charge is 0.490 e. The van der Waals surface area contributed by atoms with Gasteiger partial charge in [0, 0.05) is 6.54 Å². The van der Waals surface area contributed by atoms with Crippen molar-refractivity contribution in [2.75, 3.05) is 18.6 Å². The zero-order valence-corrected chi connectivity index (χ0v) is 17.7. The molecule has 0 aliphatic rings. The van der Waals surface area contributed by atoms with E-state index in [-0.39, 0.29) is 0 Å². The molecule has 5 nitrogen and oxygen atoms in total. The van der Waals surface area contributed by atoms with Crippen LogP contribution in [0.1, 0.15) is 24.5 Å². The molecule has 0 saturated carbocycles. The Bertz CT molecular complexity index is 758. The third-order valence-corrected chi connectivity index (χ3v) is 4.98. The monoisotopic (exact) mass is 423 g/mol. The quantitative estimate of drug-likeness (QED) is 0.519. The highest BCUT2D eigenvalue weighted by Gasteiger charge is 2.18. The minimum Gasteiger partial charge on any atom is -0.490 e. The van der Waals surface area contributed by atoms with Crippen LogP contribution in [0.4, 0.5) is 0 Å². The molecule has 152 valence electrons. The average molecular weight is 424 g/mol. The van der Waals surface area contributed by atoms with E-state index in [4.69, 9.17) is 21.1 Å². The number of carboxylic acids is 1. The molecule has 0 aliphatic heterocycles. The molecule has 0 heterocycles. The molecule has 0 fully saturated rings. The third-order valence-electron chi connectivity index (χ3n) is 4.06. The molecule has 0 saturated heterocycles. The number of aliphatic carboxylic acids is 1. The van der Waals surface area contributed by atoms with Crippen LogP contribution in [0.25, 0.3) is 0 Å². The highest BCUT2D eigenvalue weighted by molar-refractivity contribution is 7.98. The van der Waals surface area contributed by atoms with Gasteiger partial charge in [-0.15, -0.1) is 0 Å². The highest BCUT2D eigenvalue weighted by atomic mass is 35.5. The summed E-state index contributed by atoms with van der Waals surface area (Å²) in [5.41, 5.74) is 1.88. The number of halogens is 1. The van der Waals surface area contributed by atoms with Gasteiger partial charge in [-0.2, -0.15) is 11.8 Å². The number of rotatable bonds is 12. The van der Waals surface area contributed by atoms with E-state index in [9.17, 15) is 9.90 Å². The number of carbonyl (C=O) groups is 1. The van der Waals surface area contributed by atoms with Crippen LogP contribution in [-0.2, 0) is 17.9 Å². The SMILES string of the molecule is CCOc1cc(CNC(CCSC)C(=O)O)cc(Cl)c1OCc1ccccc1. The fraction of sp³-hybridized carbons (Fsp3) is 0.381. The van der Waals surface area contributed by atoms with Gasteiger partial charge in [0.1, 0.15) is 12.6 Å². The summed E-state index contributed by atoms with van der Waals surface area (Å²) < 4.78 is 11.6. The van der Waals surface area contributed by atoms with Crippen molar-refractivity contribution in [1.29, 1.82) is 0 Å². The van der Waals surface area contributed by atoms with Gasteiger partial charge in [0.05, 0.1) is 11.6 Å². The van der Waals surface area contributed by atoms with Gasteiger partial charge in [0.25, 0.3) is 0 Å². The lowest BCUT2D eigenvalue weighted by molar-refractivity contribution is -0.139. The summed E-state index contributed by atoms with van der Waals surface area (Å²) in [7, 11) is 0. The van der Waals surface area contributed by atoms with Gasteiger partial charge < -0.3 is 19.9 Å². The summed E-state index contributed by atoms with van der Waals surface area (Å²) in [5.74, 6) is 0.973. The van der Waals surface area contributed by atoms with E-state index in [2.05, 4.69) is 5.32 Å². The molecule has 1 unspecified atom stereocenters. The van der Waals surface area contributed by atoms with Crippen molar-refractivity contribution in [3.8, 4) is 11.5 Å². The maximum absolute atomic E-state index is 11.4. The molecule has 0 aliphatic carbocycles. The third kappa shape index (κ3) is 6.93. The first kappa shape index (κ1) is 22.4. The number of carboxylic acid groups (broad SMARTS) is 1. The van der Waals surface area contributed by atoms with Crippen molar-refractivity contribution < 1.29 is 19.4 Å². The van der Waals surface area contributed by atoms with Gasteiger partial charge in [-0.25, -0.2) is 0 Å². The highest BCUT2D eigenvalue weighted by Crippen LogP contribution is 2.37. The average Bonchev–Trinajstić information content (AvgIpc) is 2.68. The summed E-state index contributed by atoms with van der Waals surface area (Å²) >= 11 is 8.07. The lowest BCUT2D eigenvalue weighted by Crippen LogP contribution is -2.36. The minimum absolute atomic E-state index is 0.379. The second-order valence-corrected chi connectivity index (χ2v) is 7.56. The van der Waals surface area contributed by atoms with E-state index in [1.807, 2.05) is 49.6 Å². The van der Waals surface area contributed by atoms with Gasteiger partial charge in [-0.3, -0.25) is 4.79 Å². The molecule has 1 atom stereocenters. The molecule has 0 bridgehead atoms. The summed E-state index contributed by atoms with van der Waals surface area (Å²) in [6, 6.07) is 12.8. The van der Waals surface area contributed by atoms with E-state index < -0.39 is 12.0 Å². The predicted molar refractivity (Wildman–Crippen MR) is 115 cm³/mol. The second-order valence-electron chi connectivity index (χ2n) is 6.17.